The fourth-order valence-corrected chi connectivity index (χ4v) is 3.85. The van der Waals surface area contributed by atoms with Crippen molar-refractivity contribution in [3.63, 3.8) is 0 Å². The van der Waals surface area contributed by atoms with Crippen molar-refractivity contribution < 1.29 is 4.74 Å². The summed E-state index contributed by atoms with van der Waals surface area (Å²) in [6.07, 6.45) is 2.42. The first-order chi connectivity index (χ1) is 14.6. The normalized spacial score (nSPS) is 19.4. The largest absolute Gasteiger partial charge is 0.378 e. The lowest BCUT2D eigenvalue weighted by molar-refractivity contribution is -0.0265. The molecule has 0 aliphatic carbocycles. The molecule has 1 fully saturated rings. The summed E-state index contributed by atoms with van der Waals surface area (Å²) in [4.78, 5) is 6.93. The molecular weight excluding hydrogens is 372 g/mol. The predicted octanol–water partition coefficient (Wildman–Crippen LogP) is 4.28. The van der Waals surface area contributed by atoms with E-state index in [0.717, 1.165) is 38.5 Å². The van der Waals surface area contributed by atoms with Crippen molar-refractivity contribution in [3.05, 3.63) is 65.2 Å². The monoisotopic (exact) mass is 408 g/mol. The molecule has 1 aliphatic rings. The molecule has 0 amide bonds. The summed E-state index contributed by atoms with van der Waals surface area (Å²) >= 11 is 0. The molecule has 0 aromatic heterocycles. The van der Waals surface area contributed by atoms with Crippen LogP contribution in [0.5, 0.6) is 0 Å². The summed E-state index contributed by atoms with van der Waals surface area (Å²) < 4.78 is 6.17. The number of nitrogens with one attached hydrogen (secondary N) is 2. The lowest BCUT2D eigenvalue weighted by Gasteiger charge is -2.32. The lowest BCUT2D eigenvalue weighted by atomic mass is 9.89. The van der Waals surface area contributed by atoms with Gasteiger partial charge < -0.3 is 20.3 Å². The highest BCUT2D eigenvalue weighted by Gasteiger charge is 2.27. The van der Waals surface area contributed by atoms with Crippen LogP contribution in [-0.2, 0) is 11.3 Å². The van der Waals surface area contributed by atoms with E-state index in [2.05, 4.69) is 92.0 Å². The Kier molecular flexibility index (Phi) is 8.14. The van der Waals surface area contributed by atoms with Gasteiger partial charge in [0.05, 0.1) is 12.6 Å². The first-order valence-electron chi connectivity index (χ1n) is 11.0. The highest BCUT2D eigenvalue weighted by molar-refractivity contribution is 5.79. The van der Waals surface area contributed by atoms with Crippen LogP contribution in [0.15, 0.2) is 53.5 Å². The van der Waals surface area contributed by atoms with Gasteiger partial charge in [-0.2, -0.15) is 0 Å². The van der Waals surface area contributed by atoms with E-state index in [1.807, 2.05) is 0 Å². The molecule has 30 heavy (non-hydrogen) atoms. The van der Waals surface area contributed by atoms with Crippen LogP contribution in [0.3, 0.4) is 0 Å². The maximum Gasteiger partial charge on any atom is 0.191 e. The highest BCUT2D eigenvalue weighted by Crippen LogP contribution is 2.33. The first-order valence-corrected chi connectivity index (χ1v) is 11.0. The van der Waals surface area contributed by atoms with Gasteiger partial charge >= 0.3 is 0 Å². The Morgan fingerprint density at radius 3 is 2.67 bits per heavy atom. The molecule has 2 aromatic carbocycles. The van der Waals surface area contributed by atoms with E-state index >= 15 is 0 Å². The van der Waals surface area contributed by atoms with Gasteiger partial charge in [0.2, 0.25) is 0 Å². The fourth-order valence-electron chi connectivity index (χ4n) is 3.85. The zero-order chi connectivity index (χ0) is 21.3. The smallest absolute Gasteiger partial charge is 0.191 e. The number of guanidine groups is 1. The second-order valence-electron chi connectivity index (χ2n) is 8.24. The summed E-state index contributed by atoms with van der Waals surface area (Å²) in [5, 5.41) is 6.94. The van der Waals surface area contributed by atoms with E-state index in [1.165, 1.54) is 22.4 Å². The zero-order valence-electron chi connectivity index (χ0n) is 18.8. The number of hydrogen-bond acceptors (Lipinski definition) is 3. The third kappa shape index (κ3) is 6.23. The van der Waals surface area contributed by atoms with Crippen molar-refractivity contribution >= 4 is 11.6 Å². The van der Waals surface area contributed by atoms with Crippen molar-refractivity contribution in [2.45, 2.75) is 39.3 Å². The fraction of sp³-hybridized carbons (Fsp3) is 0.480. The van der Waals surface area contributed by atoms with Gasteiger partial charge in [-0.3, -0.25) is 0 Å². The van der Waals surface area contributed by atoms with Crippen LogP contribution in [0.4, 0.5) is 5.69 Å². The summed E-state index contributed by atoms with van der Waals surface area (Å²) in [5.74, 6) is 1.29. The predicted molar refractivity (Wildman–Crippen MR) is 126 cm³/mol. The topological polar surface area (TPSA) is 48.9 Å². The molecule has 2 N–H and O–H groups in total. The molecular formula is C25H36N4O. The van der Waals surface area contributed by atoms with Crippen LogP contribution in [0.25, 0.3) is 0 Å². The van der Waals surface area contributed by atoms with Gasteiger partial charge in [-0.05, 0) is 49.9 Å². The van der Waals surface area contributed by atoms with Gasteiger partial charge in [0.15, 0.2) is 5.96 Å². The second-order valence-corrected chi connectivity index (χ2v) is 8.24. The average Bonchev–Trinajstić information content (AvgIpc) is 2.76. The molecule has 1 aliphatic heterocycles. The molecule has 1 heterocycles. The van der Waals surface area contributed by atoms with Gasteiger partial charge in [-0.15, -0.1) is 0 Å². The molecule has 2 atom stereocenters. The van der Waals surface area contributed by atoms with Gasteiger partial charge in [0, 0.05) is 45.4 Å². The quantitative estimate of drug-likeness (QED) is 0.530. The highest BCUT2D eigenvalue weighted by atomic mass is 16.5. The van der Waals surface area contributed by atoms with E-state index in [9.17, 15) is 0 Å². The van der Waals surface area contributed by atoms with Crippen molar-refractivity contribution in [3.8, 4) is 0 Å². The van der Waals surface area contributed by atoms with E-state index in [1.54, 1.807) is 0 Å². The van der Waals surface area contributed by atoms with Crippen LogP contribution in [0.2, 0.25) is 0 Å². The standard InChI is InChI=1S/C25H36N4O/c1-5-26-25(27-17-20-8-6-10-23(16-20)29(3)4)28-18-22-9-7-15-30-24(22)21-13-11-19(2)12-14-21/h6,8,10-14,16,22,24H,5,7,9,15,17-18H2,1-4H3,(H2,26,27,28). The molecule has 0 bridgehead atoms. The van der Waals surface area contributed by atoms with Crippen LogP contribution in [0.1, 0.15) is 42.6 Å². The second kappa shape index (κ2) is 11.0. The lowest BCUT2D eigenvalue weighted by Crippen LogP contribution is -2.42. The van der Waals surface area contributed by atoms with Crippen molar-refractivity contribution in [2.75, 3.05) is 38.7 Å². The number of anilines is 1. The third-order valence-electron chi connectivity index (χ3n) is 5.57. The average molecular weight is 409 g/mol. The molecule has 2 unspecified atom stereocenters. The minimum atomic E-state index is 0.145. The summed E-state index contributed by atoms with van der Waals surface area (Å²) in [6.45, 7) is 7.40. The van der Waals surface area contributed by atoms with Crippen molar-refractivity contribution in [1.29, 1.82) is 0 Å². The van der Waals surface area contributed by atoms with Crippen LogP contribution in [-0.4, -0.2) is 39.8 Å². The molecule has 1 saturated heterocycles. The Balaban J connectivity index is 1.64. The van der Waals surface area contributed by atoms with Crippen LogP contribution in [0, 0.1) is 12.8 Å². The Morgan fingerprint density at radius 1 is 1.13 bits per heavy atom. The Hall–Kier alpha value is -2.53. The summed E-state index contributed by atoms with van der Waals surface area (Å²) in [7, 11) is 4.12. The minimum absolute atomic E-state index is 0.145. The molecule has 5 nitrogen and oxygen atoms in total. The maximum atomic E-state index is 6.17. The van der Waals surface area contributed by atoms with E-state index in [0.29, 0.717) is 12.5 Å². The molecule has 0 radical (unpaired) electrons. The van der Waals surface area contributed by atoms with Gasteiger partial charge in [0.25, 0.3) is 0 Å². The number of benzene rings is 2. The molecule has 0 saturated carbocycles. The van der Waals surface area contributed by atoms with Gasteiger partial charge in [-0.1, -0.05) is 42.0 Å². The minimum Gasteiger partial charge on any atom is -0.378 e. The third-order valence-corrected chi connectivity index (χ3v) is 5.57. The Labute approximate surface area is 181 Å². The van der Waals surface area contributed by atoms with E-state index < -0.39 is 0 Å². The number of hydrogen-bond donors (Lipinski definition) is 2. The Morgan fingerprint density at radius 2 is 1.93 bits per heavy atom. The van der Waals surface area contributed by atoms with Crippen LogP contribution < -0.4 is 15.5 Å². The van der Waals surface area contributed by atoms with Gasteiger partial charge in [-0.25, -0.2) is 4.99 Å². The van der Waals surface area contributed by atoms with Gasteiger partial charge in [0.1, 0.15) is 0 Å². The molecule has 0 spiro atoms. The molecule has 5 heteroatoms. The summed E-state index contributed by atoms with van der Waals surface area (Å²) in [5.41, 5.74) is 4.96. The van der Waals surface area contributed by atoms with E-state index in [-0.39, 0.29) is 6.10 Å². The molecule has 2 aromatic rings. The van der Waals surface area contributed by atoms with Crippen molar-refractivity contribution in [2.24, 2.45) is 10.9 Å². The maximum absolute atomic E-state index is 6.17. The summed E-state index contributed by atoms with van der Waals surface area (Å²) in [6, 6.07) is 17.3. The molecule has 162 valence electrons. The number of aliphatic imine (C=N–C) groups is 1. The number of rotatable bonds is 7. The first kappa shape index (κ1) is 22.2. The zero-order valence-corrected chi connectivity index (χ0v) is 18.8. The Bertz CT molecular complexity index is 816. The van der Waals surface area contributed by atoms with Crippen molar-refractivity contribution in [1.82, 2.24) is 10.6 Å². The number of aryl methyl sites for hydroxylation is 1. The number of ether oxygens (including phenoxy) is 1. The van der Waals surface area contributed by atoms with E-state index in [4.69, 9.17) is 9.73 Å². The van der Waals surface area contributed by atoms with Crippen LogP contribution >= 0.6 is 0 Å². The molecule has 3 rings (SSSR count). The number of nitrogens with zero attached hydrogens (tertiary/aromatic N) is 2. The SMILES string of the molecule is CCNC(=NCc1cccc(N(C)C)c1)NCC1CCCOC1c1ccc(C)cc1.